The number of nitrogens with one attached hydrogen (secondary N) is 1. The lowest BCUT2D eigenvalue weighted by atomic mass is 10.0. The van der Waals surface area contributed by atoms with Crippen molar-refractivity contribution in [3.8, 4) is 11.3 Å². The van der Waals surface area contributed by atoms with Gasteiger partial charge in [-0.05, 0) is 42.3 Å². The Morgan fingerprint density at radius 2 is 1.74 bits per heavy atom. The number of pyridine rings is 1. The molecule has 0 fully saturated rings. The van der Waals surface area contributed by atoms with Crippen LogP contribution in [0.25, 0.3) is 22.2 Å². The quantitative estimate of drug-likeness (QED) is 0.288. The van der Waals surface area contributed by atoms with Crippen molar-refractivity contribution in [2.24, 2.45) is 5.10 Å². The molecule has 0 aliphatic rings. The predicted octanol–water partition coefficient (Wildman–Crippen LogP) is 4.88. The van der Waals surface area contributed by atoms with Crippen molar-refractivity contribution in [1.82, 2.24) is 10.4 Å². The molecule has 1 amide bonds. The van der Waals surface area contributed by atoms with Crippen LogP contribution in [0.2, 0.25) is 0 Å². The smallest absolute Gasteiger partial charge is 0.267 e. The van der Waals surface area contributed by atoms with E-state index in [1.165, 1.54) is 18.3 Å². The number of nitrogens with zero attached hydrogens (tertiary/aromatic N) is 3. The highest BCUT2D eigenvalue weighted by Crippen LogP contribution is 2.27. The Balaban J connectivity index is 1.64. The number of hydrogen-bond donors (Lipinski definition) is 1. The molecule has 0 bridgehead atoms. The van der Waals surface area contributed by atoms with Gasteiger partial charge in [-0.15, -0.1) is 0 Å². The molecule has 31 heavy (non-hydrogen) atoms. The Kier molecular flexibility index (Phi) is 5.49. The number of nitro groups is 1. The summed E-state index contributed by atoms with van der Waals surface area (Å²) in [6.45, 7) is 2.00. The minimum atomic E-state index is -0.469. The van der Waals surface area contributed by atoms with Crippen LogP contribution in [-0.2, 0) is 0 Å². The molecule has 1 N–H and O–H groups in total. The fourth-order valence-corrected chi connectivity index (χ4v) is 3.27. The van der Waals surface area contributed by atoms with Gasteiger partial charge < -0.3 is 0 Å². The van der Waals surface area contributed by atoms with Gasteiger partial charge in [-0.3, -0.25) is 14.9 Å². The monoisotopic (exact) mass is 410 g/mol. The number of non-ortho nitro benzene ring substituents is 1. The number of aryl methyl sites for hydroxylation is 1. The molecule has 1 heterocycles. The number of benzene rings is 3. The Morgan fingerprint density at radius 1 is 1.03 bits per heavy atom. The Bertz CT molecular complexity index is 1310. The molecule has 0 aliphatic carbocycles. The lowest BCUT2D eigenvalue weighted by Gasteiger charge is -2.10. The van der Waals surface area contributed by atoms with Gasteiger partial charge in [0.25, 0.3) is 11.6 Å². The maximum absolute atomic E-state index is 12.9. The van der Waals surface area contributed by atoms with Crippen molar-refractivity contribution >= 4 is 28.7 Å². The fraction of sp³-hybridized carbons (Fsp3) is 0.0417. The molecule has 4 rings (SSSR count). The largest absolute Gasteiger partial charge is 0.272 e. The number of amides is 1. The molecule has 0 saturated heterocycles. The van der Waals surface area contributed by atoms with E-state index >= 15 is 0 Å². The van der Waals surface area contributed by atoms with Crippen LogP contribution in [-0.4, -0.2) is 22.0 Å². The predicted molar refractivity (Wildman–Crippen MR) is 120 cm³/mol. The maximum Gasteiger partial charge on any atom is 0.272 e. The van der Waals surface area contributed by atoms with E-state index in [1.54, 1.807) is 18.2 Å². The molecule has 0 radical (unpaired) electrons. The maximum atomic E-state index is 12.9. The summed E-state index contributed by atoms with van der Waals surface area (Å²) in [5.41, 5.74) is 7.07. The highest BCUT2D eigenvalue weighted by atomic mass is 16.6. The van der Waals surface area contributed by atoms with Crippen LogP contribution in [0.5, 0.6) is 0 Å². The topological polar surface area (TPSA) is 97.5 Å². The second-order valence-electron chi connectivity index (χ2n) is 6.93. The van der Waals surface area contributed by atoms with E-state index in [0.29, 0.717) is 22.3 Å². The highest BCUT2D eigenvalue weighted by molar-refractivity contribution is 6.07. The van der Waals surface area contributed by atoms with Crippen LogP contribution in [0, 0.1) is 17.0 Å². The zero-order valence-corrected chi connectivity index (χ0v) is 16.6. The van der Waals surface area contributed by atoms with Crippen LogP contribution in [0.1, 0.15) is 21.5 Å². The number of nitro benzene ring substituents is 1. The van der Waals surface area contributed by atoms with Crippen LogP contribution >= 0.6 is 0 Å². The van der Waals surface area contributed by atoms with Gasteiger partial charge in [0.15, 0.2) is 0 Å². The zero-order valence-electron chi connectivity index (χ0n) is 16.6. The van der Waals surface area contributed by atoms with Crippen molar-refractivity contribution in [3.63, 3.8) is 0 Å². The van der Waals surface area contributed by atoms with Crippen molar-refractivity contribution in [1.29, 1.82) is 0 Å². The first-order valence-electron chi connectivity index (χ1n) is 9.56. The molecule has 0 saturated carbocycles. The molecular weight excluding hydrogens is 392 g/mol. The first-order valence-corrected chi connectivity index (χ1v) is 9.56. The van der Waals surface area contributed by atoms with Gasteiger partial charge in [0.1, 0.15) is 0 Å². The van der Waals surface area contributed by atoms with E-state index in [0.717, 1.165) is 16.5 Å². The summed E-state index contributed by atoms with van der Waals surface area (Å²) in [6.07, 6.45) is 1.44. The number of hydrogen-bond acceptors (Lipinski definition) is 5. The van der Waals surface area contributed by atoms with E-state index in [4.69, 9.17) is 4.98 Å². The van der Waals surface area contributed by atoms with Gasteiger partial charge in [-0.2, -0.15) is 5.10 Å². The number of carbonyl (C=O) groups is 1. The number of hydrazone groups is 1. The van der Waals surface area contributed by atoms with Crippen LogP contribution in [0.4, 0.5) is 5.69 Å². The van der Waals surface area contributed by atoms with Gasteiger partial charge in [0.2, 0.25) is 0 Å². The van der Waals surface area contributed by atoms with Crippen molar-refractivity contribution < 1.29 is 9.72 Å². The third-order valence-corrected chi connectivity index (χ3v) is 4.87. The van der Waals surface area contributed by atoms with Crippen LogP contribution in [0.3, 0.4) is 0 Å². The van der Waals surface area contributed by atoms with Crippen LogP contribution in [0.15, 0.2) is 84.0 Å². The molecule has 1 aromatic heterocycles. The molecule has 3 aromatic carbocycles. The molecule has 0 unspecified atom stereocenters. The Morgan fingerprint density at radius 3 is 2.48 bits per heavy atom. The molecule has 7 heteroatoms. The van der Waals surface area contributed by atoms with Crippen LogP contribution < -0.4 is 5.43 Å². The Hall–Kier alpha value is -4.39. The van der Waals surface area contributed by atoms with Gasteiger partial charge in [-0.25, -0.2) is 10.4 Å². The minimum absolute atomic E-state index is 0.00632. The number of fused-ring (bicyclic) bond motifs is 1. The molecule has 152 valence electrons. The molecular formula is C24H18N4O3. The summed E-state index contributed by atoms with van der Waals surface area (Å²) in [4.78, 5) is 27.9. The van der Waals surface area contributed by atoms with Crippen molar-refractivity contribution in [2.45, 2.75) is 6.92 Å². The second-order valence-corrected chi connectivity index (χ2v) is 6.93. The summed E-state index contributed by atoms with van der Waals surface area (Å²) < 4.78 is 0. The highest BCUT2D eigenvalue weighted by Gasteiger charge is 2.14. The average molecular weight is 410 g/mol. The van der Waals surface area contributed by atoms with E-state index in [-0.39, 0.29) is 11.6 Å². The van der Waals surface area contributed by atoms with Gasteiger partial charge in [-0.1, -0.05) is 42.5 Å². The van der Waals surface area contributed by atoms with Crippen molar-refractivity contribution in [2.75, 3.05) is 0 Å². The molecule has 4 aromatic rings. The summed E-state index contributed by atoms with van der Waals surface area (Å²) in [6, 6.07) is 23.0. The molecule has 0 atom stereocenters. The van der Waals surface area contributed by atoms with E-state index in [9.17, 15) is 14.9 Å². The van der Waals surface area contributed by atoms with Gasteiger partial charge >= 0.3 is 0 Å². The lowest BCUT2D eigenvalue weighted by molar-refractivity contribution is -0.384. The van der Waals surface area contributed by atoms with Gasteiger partial charge in [0.05, 0.1) is 27.9 Å². The van der Waals surface area contributed by atoms with Crippen molar-refractivity contribution in [3.05, 3.63) is 106 Å². The molecule has 0 spiro atoms. The third-order valence-electron chi connectivity index (χ3n) is 4.87. The Labute approximate surface area is 178 Å². The van der Waals surface area contributed by atoms with E-state index in [1.807, 2.05) is 55.5 Å². The second kappa shape index (κ2) is 8.54. The molecule has 7 nitrogen and oxygen atoms in total. The first kappa shape index (κ1) is 19.9. The first-order chi connectivity index (χ1) is 15.0. The summed E-state index contributed by atoms with van der Waals surface area (Å²) in [5, 5.41) is 15.5. The average Bonchev–Trinajstić information content (AvgIpc) is 2.79. The number of carbonyl (C=O) groups excluding carboxylic acids is 1. The van der Waals surface area contributed by atoms with Gasteiger partial charge in [0, 0.05) is 23.1 Å². The number of rotatable bonds is 5. The third kappa shape index (κ3) is 4.30. The number of aromatic nitrogens is 1. The van der Waals surface area contributed by atoms with E-state index in [2.05, 4.69) is 10.5 Å². The number of para-hydroxylation sites is 1. The minimum Gasteiger partial charge on any atom is -0.267 e. The summed E-state index contributed by atoms with van der Waals surface area (Å²) in [5.74, 6) is -0.369. The zero-order chi connectivity index (χ0) is 21.8. The standard InChI is InChI=1S/C24H18N4O3/c1-16-6-2-3-7-19(16)23-14-21(20-8-4-5-9-22(20)26-23)24(29)27-25-15-17-10-12-18(13-11-17)28(30)31/h2-15H,1H3,(H,27,29). The fourth-order valence-electron chi connectivity index (χ4n) is 3.27. The SMILES string of the molecule is Cc1ccccc1-c1cc(C(=O)NN=Cc2ccc([N+](=O)[O-])cc2)c2ccccc2n1. The lowest BCUT2D eigenvalue weighted by Crippen LogP contribution is -2.18. The normalized spacial score (nSPS) is 11.0. The summed E-state index contributed by atoms with van der Waals surface area (Å²) in [7, 11) is 0. The molecule has 0 aliphatic heterocycles. The van der Waals surface area contributed by atoms with E-state index < -0.39 is 4.92 Å². The summed E-state index contributed by atoms with van der Waals surface area (Å²) >= 11 is 0.